The summed E-state index contributed by atoms with van der Waals surface area (Å²) >= 11 is 0. The minimum atomic E-state index is -2.15. The number of carboxylic acids is 2. The Morgan fingerprint density at radius 2 is 0.952 bits per heavy atom. The molecule has 0 aliphatic carbocycles. The van der Waals surface area contributed by atoms with Gasteiger partial charge in [-0.2, -0.15) is 0 Å². The second kappa shape index (κ2) is 7.82. The van der Waals surface area contributed by atoms with Crippen molar-refractivity contribution in [3.8, 4) is 0 Å². The van der Waals surface area contributed by atoms with Gasteiger partial charge < -0.3 is 24.4 Å². The molecule has 0 aliphatic heterocycles. The Bertz CT molecular complexity index is 420. The largest absolute Gasteiger partial charge is 0.478 e. The molecule has 0 fully saturated rings. The summed E-state index contributed by atoms with van der Waals surface area (Å²) in [5, 5.41) is 17.9. The summed E-state index contributed by atoms with van der Waals surface area (Å²) in [6.45, 7) is 2.64. The zero-order valence-corrected chi connectivity index (χ0v) is 11.4. The van der Waals surface area contributed by atoms with Crippen molar-refractivity contribution in [2.75, 3.05) is 0 Å². The quantitative estimate of drug-likeness (QED) is 0.439. The molecule has 3 atom stereocenters. The summed E-state index contributed by atoms with van der Waals surface area (Å²) < 4.78 is 13.4. The number of hydrogen-bond donors (Lipinski definition) is 2. The minimum Gasteiger partial charge on any atom is -0.478 e. The van der Waals surface area contributed by atoms with Gasteiger partial charge in [-0.25, -0.2) is 9.59 Å². The summed E-state index contributed by atoms with van der Waals surface area (Å²) in [5.74, 6) is -6.68. The van der Waals surface area contributed by atoms with Crippen molar-refractivity contribution in [3.63, 3.8) is 0 Å². The van der Waals surface area contributed by atoms with Gasteiger partial charge in [0.1, 0.15) is 0 Å². The smallest absolute Gasteiger partial charge is 0.349 e. The average Bonchev–Trinajstić information content (AvgIpc) is 2.29. The molecule has 1 unspecified atom stereocenters. The number of hydrogen-bond acceptors (Lipinski definition) is 8. The fourth-order valence-electron chi connectivity index (χ4n) is 1.35. The summed E-state index contributed by atoms with van der Waals surface area (Å²) in [5.41, 5.74) is 0. The van der Waals surface area contributed by atoms with E-state index in [-0.39, 0.29) is 0 Å². The van der Waals surface area contributed by atoms with Crippen molar-refractivity contribution >= 4 is 29.8 Å². The molecular weight excluding hydrogens is 292 g/mol. The number of carboxylic acid groups (broad SMARTS) is 2. The molecule has 0 radical (unpaired) electrons. The van der Waals surface area contributed by atoms with Crippen LogP contribution >= 0.6 is 0 Å². The van der Waals surface area contributed by atoms with E-state index in [1.165, 1.54) is 0 Å². The molecule has 0 rings (SSSR count). The van der Waals surface area contributed by atoms with E-state index in [0.717, 1.165) is 20.8 Å². The fraction of sp³-hybridized carbons (Fsp3) is 0.545. The highest BCUT2D eigenvalue weighted by atomic mass is 16.6. The van der Waals surface area contributed by atoms with Gasteiger partial charge in [0, 0.05) is 20.8 Å². The van der Waals surface area contributed by atoms with Crippen LogP contribution in [0.4, 0.5) is 0 Å². The third-order valence-corrected chi connectivity index (χ3v) is 1.97. The minimum absolute atomic E-state index is 0.877. The standard InChI is InChI=1S/C11H14O10/c1-4(12)19-7(8(10(15)16)20-5(2)13)9(11(17)18)21-6(3)14/h7-9H,1-3H3,(H,15,16)(H,17,18)/t7?,8-,9+. The van der Waals surface area contributed by atoms with Gasteiger partial charge in [0.05, 0.1) is 0 Å². The van der Waals surface area contributed by atoms with Gasteiger partial charge in [-0.05, 0) is 0 Å². The van der Waals surface area contributed by atoms with Crippen LogP contribution in [0.15, 0.2) is 0 Å². The van der Waals surface area contributed by atoms with Crippen molar-refractivity contribution in [2.24, 2.45) is 0 Å². The molecule has 0 saturated heterocycles. The highest BCUT2D eigenvalue weighted by Gasteiger charge is 2.45. The van der Waals surface area contributed by atoms with Crippen molar-refractivity contribution in [2.45, 2.75) is 39.1 Å². The molecule has 0 aromatic rings. The Morgan fingerprint density at radius 3 is 1.14 bits per heavy atom. The van der Waals surface area contributed by atoms with E-state index in [4.69, 9.17) is 10.2 Å². The molecule has 0 spiro atoms. The Labute approximate surface area is 118 Å². The molecule has 118 valence electrons. The second-order valence-electron chi connectivity index (χ2n) is 3.81. The van der Waals surface area contributed by atoms with Crippen molar-refractivity contribution in [1.29, 1.82) is 0 Å². The normalized spacial score (nSPS) is 14.2. The SMILES string of the molecule is CC(=O)OC([C@H](OC(C)=O)C(=O)O)[C@@H](OC(C)=O)C(=O)O. The van der Waals surface area contributed by atoms with Gasteiger partial charge >= 0.3 is 29.8 Å². The van der Waals surface area contributed by atoms with E-state index < -0.39 is 48.2 Å². The van der Waals surface area contributed by atoms with Gasteiger partial charge in [0.15, 0.2) is 6.10 Å². The number of rotatable bonds is 7. The van der Waals surface area contributed by atoms with Crippen LogP contribution in [0.5, 0.6) is 0 Å². The van der Waals surface area contributed by atoms with Crippen molar-refractivity contribution in [3.05, 3.63) is 0 Å². The van der Waals surface area contributed by atoms with Crippen molar-refractivity contribution in [1.82, 2.24) is 0 Å². The summed E-state index contributed by atoms with van der Waals surface area (Å²) in [7, 11) is 0. The molecule has 0 amide bonds. The van der Waals surface area contributed by atoms with E-state index >= 15 is 0 Å². The van der Waals surface area contributed by atoms with Crippen LogP contribution in [0.2, 0.25) is 0 Å². The first-order chi connectivity index (χ1) is 9.56. The molecule has 10 heteroatoms. The lowest BCUT2D eigenvalue weighted by Crippen LogP contribution is -2.51. The number of carbonyl (C=O) groups excluding carboxylic acids is 3. The first-order valence-electron chi connectivity index (χ1n) is 5.53. The lowest BCUT2D eigenvalue weighted by atomic mass is 10.1. The molecule has 2 N–H and O–H groups in total. The number of carbonyl (C=O) groups is 5. The molecule has 0 saturated carbocycles. The van der Waals surface area contributed by atoms with E-state index in [0.29, 0.717) is 0 Å². The van der Waals surface area contributed by atoms with Crippen LogP contribution < -0.4 is 0 Å². The molecule has 0 heterocycles. The van der Waals surface area contributed by atoms with Gasteiger partial charge in [-0.3, -0.25) is 14.4 Å². The molecule has 0 bridgehead atoms. The number of aliphatic carboxylic acids is 2. The predicted octanol–water partition coefficient (Wildman–Crippen LogP) is -1.05. The number of ether oxygens (including phenoxy) is 3. The predicted molar refractivity (Wildman–Crippen MR) is 61.9 cm³/mol. The van der Waals surface area contributed by atoms with Gasteiger partial charge in [0.2, 0.25) is 12.2 Å². The Balaban J connectivity index is 5.60. The first kappa shape index (κ1) is 18.4. The monoisotopic (exact) mass is 306 g/mol. The topological polar surface area (TPSA) is 154 Å². The fourth-order valence-corrected chi connectivity index (χ4v) is 1.35. The second-order valence-corrected chi connectivity index (χ2v) is 3.81. The third-order valence-electron chi connectivity index (χ3n) is 1.97. The van der Waals surface area contributed by atoms with E-state index in [2.05, 4.69) is 14.2 Å². The molecular formula is C11H14O10. The van der Waals surface area contributed by atoms with E-state index in [1.807, 2.05) is 0 Å². The summed E-state index contributed by atoms with van der Waals surface area (Å²) in [6, 6.07) is 0. The van der Waals surface area contributed by atoms with Crippen LogP contribution in [-0.2, 0) is 38.2 Å². The third kappa shape index (κ3) is 6.36. The lowest BCUT2D eigenvalue weighted by Gasteiger charge is -2.27. The summed E-state index contributed by atoms with van der Waals surface area (Å²) in [6.07, 6.45) is -6.33. The molecule has 0 aromatic heterocycles. The Kier molecular flexibility index (Phi) is 6.84. The lowest BCUT2D eigenvalue weighted by molar-refractivity contribution is -0.196. The first-order valence-corrected chi connectivity index (χ1v) is 5.53. The van der Waals surface area contributed by atoms with Gasteiger partial charge in [-0.15, -0.1) is 0 Å². The molecule has 0 aliphatic rings. The molecule has 21 heavy (non-hydrogen) atoms. The van der Waals surface area contributed by atoms with Crippen LogP contribution in [0.1, 0.15) is 20.8 Å². The van der Waals surface area contributed by atoms with E-state index in [9.17, 15) is 24.0 Å². The maximum absolute atomic E-state index is 11.1. The number of esters is 3. The van der Waals surface area contributed by atoms with Crippen LogP contribution in [0, 0.1) is 0 Å². The van der Waals surface area contributed by atoms with Gasteiger partial charge in [0.25, 0.3) is 0 Å². The zero-order valence-electron chi connectivity index (χ0n) is 11.4. The Morgan fingerprint density at radius 1 is 0.667 bits per heavy atom. The van der Waals surface area contributed by atoms with Crippen LogP contribution in [-0.4, -0.2) is 58.4 Å². The summed E-state index contributed by atoms with van der Waals surface area (Å²) in [4.78, 5) is 54.9. The molecule has 0 aromatic carbocycles. The van der Waals surface area contributed by atoms with Crippen molar-refractivity contribution < 1.29 is 48.4 Å². The van der Waals surface area contributed by atoms with E-state index in [1.54, 1.807) is 0 Å². The maximum Gasteiger partial charge on any atom is 0.349 e. The average molecular weight is 306 g/mol. The van der Waals surface area contributed by atoms with Crippen LogP contribution in [0.25, 0.3) is 0 Å². The molecule has 10 nitrogen and oxygen atoms in total. The van der Waals surface area contributed by atoms with Crippen LogP contribution in [0.3, 0.4) is 0 Å². The zero-order chi connectivity index (χ0) is 16.7. The Hall–Kier alpha value is -2.65. The van der Waals surface area contributed by atoms with Gasteiger partial charge in [-0.1, -0.05) is 0 Å². The maximum atomic E-state index is 11.1. The highest BCUT2D eigenvalue weighted by molar-refractivity contribution is 5.83. The highest BCUT2D eigenvalue weighted by Crippen LogP contribution is 2.15.